The second kappa shape index (κ2) is 6.99. The zero-order valence-electron chi connectivity index (χ0n) is 13.5. The van der Waals surface area contributed by atoms with Crippen molar-refractivity contribution >= 4 is 12.4 Å². The predicted molar refractivity (Wildman–Crippen MR) is 87.9 cm³/mol. The third-order valence-corrected chi connectivity index (χ3v) is 5.16. The van der Waals surface area contributed by atoms with Crippen LogP contribution >= 0.6 is 12.4 Å². The molecule has 2 unspecified atom stereocenters. The molecule has 2 saturated heterocycles. The highest BCUT2D eigenvalue weighted by Gasteiger charge is 2.35. The maximum atomic E-state index is 12.7. The molecule has 0 saturated carbocycles. The second-order valence-corrected chi connectivity index (χ2v) is 6.82. The molecule has 2 nitrogen and oxygen atoms in total. The highest BCUT2D eigenvalue weighted by molar-refractivity contribution is 5.85. The summed E-state index contributed by atoms with van der Waals surface area (Å²) in [6.45, 7) is 2.48. The van der Waals surface area contributed by atoms with Gasteiger partial charge in [-0.05, 0) is 62.9 Å². The van der Waals surface area contributed by atoms with Gasteiger partial charge in [-0.15, -0.1) is 12.4 Å². The van der Waals surface area contributed by atoms with Crippen LogP contribution in [0.4, 0.5) is 13.2 Å². The van der Waals surface area contributed by atoms with E-state index < -0.39 is 11.7 Å². The quantitative estimate of drug-likeness (QED) is 0.882. The number of halogens is 4. The Hall–Kier alpha value is -0.780. The Bertz CT molecular complexity index is 535. The molecular formula is C17H24ClF3N2. The average molecular weight is 349 g/mol. The highest BCUT2D eigenvalue weighted by atomic mass is 35.5. The smallest absolute Gasteiger partial charge is 0.311 e. The van der Waals surface area contributed by atoms with Crippen LogP contribution in [0.2, 0.25) is 0 Å². The van der Waals surface area contributed by atoms with Gasteiger partial charge in [0.1, 0.15) is 0 Å². The summed E-state index contributed by atoms with van der Waals surface area (Å²) in [4.78, 5) is 2.31. The van der Waals surface area contributed by atoms with Gasteiger partial charge in [-0.1, -0.05) is 6.07 Å². The van der Waals surface area contributed by atoms with Crippen LogP contribution in [0.3, 0.4) is 0 Å². The van der Waals surface area contributed by atoms with E-state index in [2.05, 4.69) is 17.3 Å². The molecule has 3 rings (SSSR count). The fourth-order valence-corrected chi connectivity index (χ4v) is 3.83. The number of aryl methyl sites for hydroxylation is 1. The van der Waals surface area contributed by atoms with E-state index in [0.717, 1.165) is 24.0 Å². The molecule has 1 aromatic carbocycles. The van der Waals surface area contributed by atoms with E-state index >= 15 is 0 Å². The van der Waals surface area contributed by atoms with E-state index in [1.165, 1.54) is 25.0 Å². The summed E-state index contributed by atoms with van der Waals surface area (Å²) in [6.07, 6.45) is 0.547. The Labute approximate surface area is 141 Å². The number of nitrogens with one attached hydrogen (secondary N) is 1. The molecule has 130 valence electrons. The first-order valence-electron chi connectivity index (χ1n) is 7.96. The van der Waals surface area contributed by atoms with Crippen LogP contribution in [-0.4, -0.2) is 30.1 Å². The standard InChI is InChI=1S/C17H23F3N2.ClH/c1-11-7-13(17(18,19)20)4-3-12(11)10-22(2)16-8-14-5-6-15(9-16)21-14;/h3-4,7,14-16,21H,5-6,8-10H2,1-2H3;1H. The number of fused-ring (bicyclic) bond motifs is 2. The highest BCUT2D eigenvalue weighted by Crippen LogP contribution is 2.32. The van der Waals surface area contributed by atoms with E-state index in [0.29, 0.717) is 24.7 Å². The van der Waals surface area contributed by atoms with Crippen molar-refractivity contribution in [1.29, 1.82) is 0 Å². The van der Waals surface area contributed by atoms with Crippen LogP contribution in [0.1, 0.15) is 42.4 Å². The maximum Gasteiger partial charge on any atom is 0.416 e. The van der Waals surface area contributed by atoms with Gasteiger partial charge in [0, 0.05) is 24.7 Å². The first-order chi connectivity index (χ1) is 10.3. The van der Waals surface area contributed by atoms with Crippen molar-refractivity contribution in [2.45, 2.75) is 63.5 Å². The van der Waals surface area contributed by atoms with Crippen molar-refractivity contribution in [3.63, 3.8) is 0 Å². The van der Waals surface area contributed by atoms with Gasteiger partial charge in [0.2, 0.25) is 0 Å². The summed E-state index contributed by atoms with van der Waals surface area (Å²) in [7, 11) is 2.09. The zero-order chi connectivity index (χ0) is 15.9. The fraction of sp³-hybridized carbons (Fsp3) is 0.647. The molecule has 0 radical (unpaired) electrons. The molecule has 23 heavy (non-hydrogen) atoms. The number of nitrogens with zero attached hydrogens (tertiary/aromatic N) is 1. The molecule has 2 heterocycles. The average Bonchev–Trinajstić information content (AvgIpc) is 2.78. The molecule has 0 aliphatic carbocycles. The van der Waals surface area contributed by atoms with Crippen LogP contribution in [0.25, 0.3) is 0 Å². The number of piperidine rings is 1. The van der Waals surface area contributed by atoms with Gasteiger partial charge < -0.3 is 5.32 Å². The lowest BCUT2D eigenvalue weighted by Crippen LogP contribution is -2.46. The molecule has 6 heteroatoms. The van der Waals surface area contributed by atoms with E-state index in [9.17, 15) is 13.2 Å². The topological polar surface area (TPSA) is 15.3 Å². The van der Waals surface area contributed by atoms with Crippen LogP contribution in [-0.2, 0) is 12.7 Å². The minimum Gasteiger partial charge on any atom is -0.311 e. The third-order valence-electron chi connectivity index (χ3n) is 5.16. The molecule has 0 amide bonds. The minimum absolute atomic E-state index is 0. The first-order valence-corrected chi connectivity index (χ1v) is 7.96. The molecule has 2 bridgehead atoms. The van der Waals surface area contributed by atoms with E-state index in [4.69, 9.17) is 0 Å². The number of alkyl halides is 3. The van der Waals surface area contributed by atoms with Crippen LogP contribution in [0.15, 0.2) is 18.2 Å². The predicted octanol–water partition coefficient (Wildman–Crippen LogP) is 4.15. The maximum absolute atomic E-state index is 12.7. The molecule has 1 N–H and O–H groups in total. The molecule has 2 aliphatic heterocycles. The van der Waals surface area contributed by atoms with Gasteiger partial charge in [-0.2, -0.15) is 13.2 Å². The van der Waals surface area contributed by atoms with Crippen molar-refractivity contribution in [3.8, 4) is 0 Å². The van der Waals surface area contributed by atoms with Gasteiger partial charge in [0.25, 0.3) is 0 Å². The van der Waals surface area contributed by atoms with Crippen molar-refractivity contribution < 1.29 is 13.2 Å². The molecule has 1 aromatic rings. The monoisotopic (exact) mass is 348 g/mol. The fourth-order valence-electron chi connectivity index (χ4n) is 3.83. The molecular weight excluding hydrogens is 325 g/mol. The van der Waals surface area contributed by atoms with E-state index in [-0.39, 0.29) is 12.4 Å². The Balaban J connectivity index is 0.00000192. The Morgan fingerprint density at radius 1 is 1.17 bits per heavy atom. The van der Waals surface area contributed by atoms with Gasteiger partial charge >= 0.3 is 6.18 Å². The molecule has 0 aromatic heterocycles. The van der Waals surface area contributed by atoms with E-state index in [1.807, 2.05) is 0 Å². The van der Waals surface area contributed by atoms with Gasteiger partial charge in [0.15, 0.2) is 0 Å². The van der Waals surface area contributed by atoms with Crippen molar-refractivity contribution in [3.05, 3.63) is 34.9 Å². The Morgan fingerprint density at radius 3 is 2.30 bits per heavy atom. The number of benzene rings is 1. The van der Waals surface area contributed by atoms with Crippen molar-refractivity contribution in [2.75, 3.05) is 7.05 Å². The summed E-state index contributed by atoms with van der Waals surface area (Å²) < 4.78 is 38.2. The van der Waals surface area contributed by atoms with Crippen molar-refractivity contribution in [1.82, 2.24) is 10.2 Å². The summed E-state index contributed by atoms with van der Waals surface area (Å²) in [5.74, 6) is 0. The minimum atomic E-state index is -4.26. The van der Waals surface area contributed by atoms with E-state index in [1.54, 1.807) is 13.0 Å². The zero-order valence-corrected chi connectivity index (χ0v) is 14.3. The third kappa shape index (κ3) is 4.20. The van der Waals surface area contributed by atoms with Gasteiger partial charge in [-0.25, -0.2) is 0 Å². The second-order valence-electron chi connectivity index (χ2n) is 6.82. The molecule has 2 aliphatic rings. The number of rotatable bonds is 3. The summed E-state index contributed by atoms with van der Waals surface area (Å²) in [6, 6.07) is 5.86. The van der Waals surface area contributed by atoms with Crippen LogP contribution in [0.5, 0.6) is 0 Å². The van der Waals surface area contributed by atoms with Crippen molar-refractivity contribution in [2.24, 2.45) is 0 Å². The van der Waals surface area contributed by atoms with Gasteiger partial charge in [0.05, 0.1) is 5.56 Å². The summed E-state index contributed by atoms with van der Waals surface area (Å²) >= 11 is 0. The Morgan fingerprint density at radius 2 is 1.78 bits per heavy atom. The van der Waals surface area contributed by atoms with Gasteiger partial charge in [-0.3, -0.25) is 4.90 Å². The lowest BCUT2D eigenvalue weighted by molar-refractivity contribution is -0.137. The molecule has 0 spiro atoms. The lowest BCUT2D eigenvalue weighted by Gasteiger charge is -2.36. The van der Waals surface area contributed by atoms with Crippen LogP contribution in [0, 0.1) is 6.92 Å². The Kier molecular flexibility index (Phi) is 5.64. The SMILES string of the molecule is Cc1cc(C(F)(F)F)ccc1CN(C)C1CC2CCC(C1)N2.Cl. The summed E-state index contributed by atoms with van der Waals surface area (Å²) in [5.41, 5.74) is 1.15. The summed E-state index contributed by atoms with van der Waals surface area (Å²) in [5, 5.41) is 3.62. The molecule has 2 fully saturated rings. The van der Waals surface area contributed by atoms with Crippen LogP contribution < -0.4 is 5.32 Å². The number of hydrogen-bond acceptors (Lipinski definition) is 2. The largest absolute Gasteiger partial charge is 0.416 e. The number of hydrogen-bond donors (Lipinski definition) is 1. The normalized spacial score (nSPS) is 27.1. The molecule has 2 atom stereocenters. The lowest BCUT2D eigenvalue weighted by atomic mass is 9.97. The first kappa shape index (κ1) is 18.6.